The van der Waals surface area contributed by atoms with Gasteiger partial charge in [0.05, 0.1) is 18.5 Å². The van der Waals surface area contributed by atoms with E-state index in [1.165, 1.54) is 0 Å². The number of nitrogens with zero attached hydrogens (tertiary/aromatic N) is 3. The number of aliphatic hydroxyl groups is 1. The fourth-order valence-corrected chi connectivity index (χ4v) is 6.83. The van der Waals surface area contributed by atoms with Gasteiger partial charge in [0.1, 0.15) is 23.9 Å². The van der Waals surface area contributed by atoms with Gasteiger partial charge in [0.15, 0.2) is 17.9 Å². The molecule has 48 heavy (non-hydrogen) atoms. The Kier molecular flexibility index (Phi) is 18.4. The van der Waals surface area contributed by atoms with E-state index in [-0.39, 0.29) is 35.5 Å². The molecule has 0 aromatic carbocycles. The molecule has 0 amide bonds. The van der Waals surface area contributed by atoms with Crippen molar-refractivity contribution in [2.24, 2.45) is 23.7 Å². The van der Waals surface area contributed by atoms with Crippen LogP contribution in [0.15, 0.2) is 30.4 Å². The normalized spacial score (nSPS) is 35.5. The van der Waals surface area contributed by atoms with E-state index in [2.05, 4.69) is 9.88 Å². The van der Waals surface area contributed by atoms with Crippen LogP contribution in [0, 0.1) is 23.7 Å². The molecule has 3 heterocycles. The molecule has 2 aliphatic rings. The third-order valence-electron chi connectivity index (χ3n) is 9.48. The predicted octanol–water partition coefficient (Wildman–Crippen LogP) is 6.01. The van der Waals surface area contributed by atoms with Crippen molar-refractivity contribution < 1.29 is 38.4 Å². The number of imidazole rings is 1. The number of carbonyl (C=O) groups is 3. The molecule has 276 valence electrons. The first-order valence-electron chi connectivity index (χ1n) is 17.6. The van der Waals surface area contributed by atoms with E-state index in [1.807, 2.05) is 76.4 Å². The Morgan fingerprint density at radius 1 is 1.08 bits per heavy atom. The van der Waals surface area contributed by atoms with Gasteiger partial charge in [0, 0.05) is 43.8 Å². The van der Waals surface area contributed by atoms with E-state index in [1.54, 1.807) is 43.2 Å². The molecule has 0 radical (unpaired) electrons. The first kappa shape index (κ1) is 43.6. The minimum absolute atomic E-state index is 0.00200. The number of allylic oxidation sites excluding steroid dienone is 1. The van der Waals surface area contributed by atoms with Crippen molar-refractivity contribution in [1.29, 1.82) is 0 Å². The molecule has 11 heteroatoms. The lowest BCUT2D eigenvalue weighted by Gasteiger charge is -2.41. The molecule has 2 aliphatic heterocycles. The minimum Gasteiger partial charge on any atom is -0.458 e. The average molecular weight is 680 g/mol. The Hall–Kier alpha value is -2.44. The van der Waals surface area contributed by atoms with Crippen molar-refractivity contribution >= 4 is 17.5 Å². The molecule has 1 N–H and O–H groups in total. The maximum Gasteiger partial charge on any atom is 0.316 e. The molecule has 1 aromatic rings. The van der Waals surface area contributed by atoms with Crippen LogP contribution in [0.4, 0.5) is 0 Å². The number of ketones is 2. The molecule has 0 spiro atoms. The lowest BCUT2D eigenvalue weighted by molar-refractivity contribution is -0.236. The number of hydrogen-bond acceptors (Lipinski definition) is 10. The Labute approximate surface area is 289 Å². The van der Waals surface area contributed by atoms with E-state index in [0.29, 0.717) is 24.8 Å². The zero-order valence-corrected chi connectivity index (χ0v) is 32.1. The Morgan fingerprint density at radius 2 is 1.71 bits per heavy atom. The topological polar surface area (TPSA) is 129 Å². The summed E-state index contributed by atoms with van der Waals surface area (Å²) in [6.07, 6.45) is 7.10. The number of Topliss-reactive ketones (excluding diaryl/α,β-unsaturated/α-hetero) is 2. The van der Waals surface area contributed by atoms with Crippen molar-refractivity contribution in [3.05, 3.63) is 30.4 Å². The third kappa shape index (κ3) is 11.6. The Balaban J connectivity index is 0.00000277. The van der Waals surface area contributed by atoms with Gasteiger partial charge in [0.2, 0.25) is 0 Å². The van der Waals surface area contributed by atoms with Gasteiger partial charge in [-0.2, -0.15) is 0 Å². The first-order valence-corrected chi connectivity index (χ1v) is 17.6. The highest BCUT2D eigenvalue weighted by Crippen LogP contribution is 2.35. The number of aromatic nitrogens is 2. The second-order valence-corrected chi connectivity index (χ2v) is 13.5. The molecule has 11 nitrogen and oxygen atoms in total. The van der Waals surface area contributed by atoms with Crippen LogP contribution in [-0.4, -0.2) is 94.5 Å². The van der Waals surface area contributed by atoms with Gasteiger partial charge < -0.3 is 33.5 Å². The summed E-state index contributed by atoms with van der Waals surface area (Å²) >= 11 is 0. The molecule has 3 rings (SSSR count). The molecule has 1 fully saturated rings. The Bertz CT molecular complexity index is 1160. The van der Waals surface area contributed by atoms with Crippen LogP contribution in [-0.2, 0) is 33.3 Å². The number of hydrogen-bond donors (Lipinski definition) is 1. The zero-order valence-electron chi connectivity index (χ0n) is 32.1. The second kappa shape index (κ2) is 20.3. The SMILES string of the molecule is CC.CC[C@H]1OC(=O)[C@H](C)C(=O)[C@H](C)[C@@H](O[C@H]2C[C@@H](N(C)C)C[C@@H](C)O2)[C@@H](C)C[C@@H](C)C(=O)/C(C)=C/[C@]1(C)OC(C)n1ccnc1.CO. The number of esters is 1. The van der Waals surface area contributed by atoms with Gasteiger partial charge in [-0.05, 0) is 85.5 Å². The molecule has 0 aliphatic carbocycles. The second-order valence-electron chi connectivity index (χ2n) is 13.5. The maximum atomic E-state index is 13.9. The monoisotopic (exact) mass is 679 g/mol. The van der Waals surface area contributed by atoms with Crippen molar-refractivity contribution in [1.82, 2.24) is 14.5 Å². The summed E-state index contributed by atoms with van der Waals surface area (Å²) in [4.78, 5) is 47.5. The van der Waals surface area contributed by atoms with Gasteiger partial charge >= 0.3 is 5.97 Å². The van der Waals surface area contributed by atoms with E-state index >= 15 is 0 Å². The molecule has 1 unspecified atom stereocenters. The summed E-state index contributed by atoms with van der Waals surface area (Å²) in [7, 11) is 5.09. The standard InChI is InChI=1S/C34H55N3O7.C2H6.CH4O/c1-12-28-34(9,44-26(8)37-14-13-35-19-37)18-22(4)30(38)20(2)15-21(3)32(24(6)31(39)25(7)33(40)42-28)43-29-17-27(36(10)11)16-23(5)41-29;2*1-2/h13-14,18-21,23-29,32H,12,15-17H2,1-11H3;1-2H3;2H,1H3/b22-18+;;/t20-,21+,23-,24+,25-,26?,27+,28-,29+,32+,34+;;/m1../s1. The fraction of sp³-hybridized carbons (Fsp3) is 0.784. The van der Waals surface area contributed by atoms with E-state index in [9.17, 15) is 14.4 Å². The third-order valence-corrected chi connectivity index (χ3v) is 9.48. The number of aliphatic hydroxyl groups excluding tert-OH is 1. The quantitative estimate of drug-likeness (QED) is 0.270. The van der Waals surface area contributed by atoms with Crippen molar-refractivity contribution in [2.45, 2.75) is 144 Å². The highest BCUT2D eigenvalue weighted by atomic mass is 16.7. The van der Waals surface area contributed by atoms with Crippen LogP contribution < -0.4 is 0 Å². The van der Waals surface area contributed by atoms with Crippen molar-refractivity contribution in [2.75, 3.05) is 21.2 Å². The largest absolute Gasteiger partial charge is 0.458 e. The van der Waals surface area contributed by atoms with Crippen molar-refractivity contribution in [3.63, 3.8) is 0 Å². The molecule has 0 bridgehead atoms. The molecule has 11 atom stereocenters. The Morgan fingerprint density at radius 3 is 2.25 bits per heavy atom. The highest BCUT2D eigenvalue weighted by Gasteiger charge is 2.43. The lowest BCUT2D eigenvalue weighted by Crippen LogP contribution is -2.48. The summed E-state index contributed by atoms with van der Waals surface area (Å²) in [6.45, 7) is 20.7. The minimum atomic E-state index is -1.15. The van der Waals surface area contributed by atoms with E-state index in [4.69, 9.17) is 24.1 Å². The van der Waals surface area contributed by atoms with Crippen LogP contribution in [0.1, 0.15) is 108 Å². The predicted molar refractivity (Wildman–Crippen MR) is 187 cm³/mol. The first-order chi connectivity index (χ1) is 22.6. The zero-order chi connectivity index (χ0) is 36.9. The van der Waals surface area contributed by atoms with E-state index < -0.39 is 48.1 Å². The van der Waals surface area contributed by atoms with Gasteiger partial charge in [-0.15, -0.1) is 0 Å². The number of cyclic esters (lactones) is 1. The molecule has 1 saturated heterocycles. The molecule has 0 saturated carbocycles. The molecular weight excluding hydrogens is 614 g/mol. The van der Waals surface area contributed by atoms with Gasteiger partial charge in [0.25, 0.3) is 0 Å². The smallest absolute Gasteiger partial charge is 0.316 e. The summed E-state index contributed by atoms with van der Waals surface area (Å²) < 4.78 is 27.2. The lowest BCUT2D eigenvalue weighted by atomic mass is 9.80. The van der Waals surface area contributed by atoms with Crippen LogP contribution in [0.25, 0.3) is 0 Å². The van der Waals surface area contributed by atoms with E-state index in [0.717, 1.165) is 13.5 Å². The van der Waals surface area contributed by atoms with Gasteiger partial charge in [-0.3, -0.25) is 14.4 Å². The maximum absolute atomic E-state index is 13.9. The van der Waals surface area contributed by atoms with Crippen LogP contribution in [0.5, 0.6) is 0 Å². The van der Waals surface area contributed by atoms with Crippen LogP contribution in [0.2, 0.25) is 0 Å². The van der Waals surface area contributed by atoms with Crippen LogP contribution in [0.3, 0.4) is 0 Å². The summed E-state index contributed by atoms with van der Waals surface area (Å²) in [5, 5.41) is 7.00. The number of carbonyl (C=O) groups excluding carboxylic acids is 3. The summed E-state index contributed by atoms with van der Waals surface area (Å²) in [5.74, 6) is -3.05. The highest BCUT2D eigenvalue weighted by molar-refractivity contribution is 6.00. The van der Waals surface area contributed by atoms with Crippen LogP contribution >= 0.6 is 0 Å². The molecular formula is C37H65N3O8. The summed E-state index contributed by atoms with van der Waals surface area (Å²) in [6, 6.07) is 0.282. The fourth-order valence-electron chi connectivity index (χ4n) is 6.83. The van der Waals surface area contributed by atoms with Gasteiger partial charge in [-0.1, -0.05) is 41.5 Å². The van der Waals surface area contributed by atoms with Gasteiger partial charge in [-0.25, -0.2) is 4.98 Å². The number of rotatable bonds is 7. The number of ether oxygens (including phenoxy) is 4. The average Bonchev–Trinajstić information content (AvgIpc) is 3.61. The van der Waals surface area contributed by atoms with Crippen molar-refractivity contribution in [3.8, 4) is 0 Å². The summed E-state index contributed by atoms with van der Waals surface area (Å²) in [5.41, 5.74) is -0.620. The molecule has 1 aromatic heterocycles.